The molecule has 0 saturated heterocycles. The molecule has 0 fully saturated rings. The number of ether oxygens (including phenoxy) is 1. The van der Waals surface area contributed by atoms with E-state index >= 15 is 0 Å². The lowest BCUT2D eigenvalue weighted by atomic mass is 10.0. The van der Waals surface area contributed by atoms with Crippen molar-refractivity contribution in [3.8, 4) is 22.6 Å². The van der Waals surface area contributed by atoms with Crippen LogP contribution in [-0.2, 0) is 10.0 Å². The standard InChI is InChI=1S/C33H29F2N3O5S/c1-3-38-20-31(27-15-11-24(34)18-29(27)35)36-32(38)17-6-21-4-7-22(8-5-21)23-9-12-25(13-10-23)43-26-14-16-30(37-44(2,41)42)28(19-26)33(39)40/h4-19,31,37H,3,20H2,1-2H3,(H,39,40)/b17-6+. The van der Waals surface area contributed by atoms with Crippen LogP contribution in [-0.4, -0.2) is 49.6 Å². The van der Waals surface area contributed by atoms with Gasteiger partial charge >= 0.3 is 5.97 Å². The fourth-order valence-corrected chi connectivity index (χ4v) is 5.40. The third-order valence-corrected chi connectivity index (χ3v) is 7.58. The molecule has 1 aliphatic rings. The zero-order valence-electron chi connectivity index (χ0n) is 23.9. The number of halogens is 2. The van der Waals surface area contributed by atoms with Gasteiger partial charge in [0, 0.05) is 24.7 Å². The Labute approximate surface area is 254 Å². The molecule has 1 unspecified atom stereocenters. The van der Waals surface area contributed by atoms with Crippen molar-refractivity contribution in [3.05, 3.63) is 119 Å². The second-order valence-electron chi connectivity index (χ2n) is 10.2. The summed E-state index contributed by atoms with van der Waals surface area (Å²) in [5, 5.41) is 9.49. The van der Waals surface area contributed by atoms with Crippen molar-refractivity contribution in [2.24, 2.45) is 4.99 Å². The normalized spacial score (nSPS) is 15.0. The minimum absolute atomic E-state index is 0.0514. The number of sulfonamides is 1. The molecule has 0 amide bonds. The average molecular weight is 618 g/mol. The van der Waals surface area contributed by atoms with Crippen LogP contribution in [0.1, 0.15) is 34.5 Å². The van der Waals surface area contributed by atoms with Gasteiger partial charge < -0.3 is 14.7 Å². The van der Waals surface area contributed by atoms with Crippen LogP contribution < -0.4 is 9.46 Å². The first-order chi connectivity index (χ1) is 21.0. The summed E-state index contributed by atoms with van der Waals surface area (Å²) in [5.74, 6) is -1.05. The molecule has 0 saturated carbocycles. The largest absolute Gasteiger partial charge is 0.478 e. The van der Waals surface area contributed by atoms with Crippen LogP contribution >= 0.6 is 0 Å². The quantitative estimate of drug-likeness (QED) is 0.199. The molecule has 2 N–H and O–H groups in total. The van der Waals surface area contributed by atoms with Gasteiger partial charge in [-0.2, -0.15) is 0 Å². The molecule has 8 nitrogen and oxygen atoms in total. The van der Waals surface area contributed by atoms with Crippen LogP contribution in [0.2, 0.25) is 0 Å². The van der Waals surface area contributed by atoms with Gasteiger partial charge in [-0.25, -0.2) is 22.0 Å². The maximum atomic E-state index is 14.3. The summed E-state index contributed by atoms with van der Waals surface area (Å²) < 4.78 is 58.7. The number of likely N-dealkylation sites (N-methyl/N-ethyl adjacent to an activating group) is 1. The first-order valence-corrected chi connectivity index (χ1v) is 15.6. The second-order valence-corrected chi connectivity index (χ2v) is 11.9. The van der Waals surface area contributed by atoms with Gasteiger partial charge in [0.15, 0.2) is 0 Å². The van der Waals surface area contributed by atoms with Crippen molar-refractivity contribution in [2.75, 3.05) is 24.1 Å². The highest BCUT2D eigenvalue weighted by molar-refractivity contribution is 7.92. The number of benzene rings is 4. The summed E-state index contributed by atoms with van der Waals surface area (Å²) in [6.45, 7) is 3.22. The number of hydrogen-bond acceptors (Lipinski definition) is 6. The highest BCUT2D eigenvalue weighted by Crippen LogP contribution is 2.30. The Hall–Kier alpha value is -5.03. The number of aliphatic imine (C=N–C) groups is 1. The van der Waals surface area contributed by atoms with Gasteiger partial charge in [0.05, 0.1) is 23.5 Å². The zero-order chi connectivity index (χ0) is 31.4. The van der Waals surface area contributed by atoms with Gasteiger partial charge in [-0.15, -0.1) is 0 Å². The molecule has 11 heteroatoms. The lowest BCUT2D eigenvalue weighted by Gasteiger charge is -2.17. The predicted octanol–water partition coefficient (Wildman–Crippen LogP) is 6.98. The van der Waals surface area contributed by atoms with Gasteiger partial charge in [-0.3, -0.25) is 9.71 Å². The number of carboxylic acids is 1. The Morgan fingerprint density at radius 2 is 1.64 bits per heavy atom. The van der Waals surface area contributed by atoms with E-state index in [-0.39, 0.29) is 17.0 Å². The van der Waals surface area contributed by atoms with E-state index in [1.54, 1.807) is 12.1 Å². The molecule has 0 aliphatic carbocycles. The summed E-state index contributed by atoms with van der Waals surface area (Å²) in [7, 11) is -3.65. The fraction of sp³-hybridized carbons (Fsp3) is 0.152. The van der Waals surface area contributed by atoms with Crippen molar-refractivity contribution in [2.45, 2.75) is 13.0 Å². The van der Waals surface area contributed by atoms with Gasteiger partial charge in [-0.1, -0.05) is 48.5 Å². The van der Waals surface area contributed by atoms with E-state index < -0.39 is 33.7 Å². The Balaban J connectivity index is 1.26. The number of carbonyl (C=O) groups is 1. The highest BCUT2D eigenvalue weighted by atomic mass is 32.2. The van der Waals surface area contributed by atoms with Crippen LogP contribution in [0.15, 0.2) is 96.0 Å². The maximum Gasteiger partial charge on any atom is 0.337 e. The minimum Gasteiger partial charge on any atom is -0.478 e. The fourth-order valence-electron chi connectivity index (χ4n) is 4.83. The van der Waals surface area contributed by atoms with Crippen LogP contribution in [0.5, 0.6) is 11.5 Å². The maximum absolute atomic E-state index is 14.3. The molecule has 1 atom stereocenters. The lowest BCUT2D eigenvalue weighted by molar-refractivity contribution is 0.0697. The van der Waals surface area contributed by atoms with E-state index in [9.17, 15) is 27.1 Å². The number of rotatable bonds is 10. The van der Waals surface area contributed by atoms with Gasteiger partial charge in [-0.05, 0) is 66.1 Å². The SMILES string of the molecule is CCN1CC(c2ccc(F)cc2F)N=C1/C=C/c1ccc(-c2ccc(Oc3ccc(NS(C)(=O)=O)c(C(=O)O)c3)cc2)cc1. The van der Waals surface area contributed by atoms with Crippen molar-refractivity contribution in [1.82, 2.24) is 4.90 Å². The van der Waals surface area contributed by atoms with Crippen LogP contribution in [0.3, 0.4) is 0 Å². The summed E-state index contributed by atoms with van der Waals surface area (Å²) >= 11 is 0. The zero-order valence-corrected chi connectivity index (χ0v) is 24.7. The third-order valence-electron chi connectivity index (χ3n) is 6.98. The van der Waals surface area contributed by atoms with Crippen molar-refractivity contribution < 1.29 is 31.8 Å². The number of aromatic carboxylic acids is 1. The van der Waals surface area contributed by atoms with E-state index in [0.29, 0.717) is 24.4 Å². The lowest BCUT2D eigenvalue weighted by Crippen LogP contribution is -2.26. The molecule has 1 aliphatic heterocycles. The smallest absolute Gasteiger partial charge is 0.337 e. The molecule has 1 heterocycles. The number of nitrogens with one attached hydrogen (secondary N) is 1. The molecule has 4 aromatic rings. The summed E-state index contributed by atoms with van der Waals surface area (Å²) in [6, 6.07) is 22.4. The van der Waals surface area contributed by atoms with E-state index in [2.05, 4.69) is 9.71 Å². The van der Waals surface area contributed by atoms with Crippen LogP contribution in [0.25, 0.3) is 17.2 Å². The molecule has 0 aromatic heterocycles. The number of amidine groups is 1. The Morgan fingerprint density at radius 3 is 2.25 bits per heavy atom. The van der Waals surface area contributed by atoms with Crippen LogP contribution in [0.4, 0.5) is 14.5 Å². The van der Waals surface area contributed by atoms with E-state index in [1.165, 1.54) is 30.3 Å². The predicted molar refractivity (Wildman–Crippen MR) is 167 cm³/mol. The van der Waals surface area contributed by atoms with Crippen LogP contribution in [0, 0.1) is 11.6 Å². The molecule has 226 valence electrons. The highest BCUT2D eigenvalue weighted by Gasteiger charge is 2.26. The van der Waals surface area contributed by atoms with Crippen molar-refractivity contribution in [3.63, 3.8) is 0 Å². The van der Waals surface area contributed by atoms with Gasteiger partial charge in [0.2, 0.25) is 10.0 Å². The summed E-state index contributed by atoms with van der Waals surface area (Å²) in [5.41, 5.74) is 2.95. The molecule has 0 bridgehead atoms. The first kappa shape index (κ1) is 30.4. The number of carboxylic acid groups (broad SMARTS) is 1. The summed E-state index contributed by atoms with van der Waals surface area (Å²) in [6.07, 6.45) is 4.77. The van der Waals surface area contributed by atoms with E-state index in [4.69, 9.17) is 4.74 Å². The molecule has 44 heavy (non-hydrogen) atoms. The van der Waals surface area contributed by atoms with Crippen molar-refractivity contribution >= 4 is 33.6 Å². The molecular formula is C33H29F2N3O5S. The topological polar surface area (TPSA) is 108 Å². The Morgan fingerprint density at radius 1 is 0.977 bits per heavy atom. The monoisotopic (exact) mass is 617 g/mol. The molecule has 5 rings (SSSR count). The van der Waals surface area contributed by atoms with Gasteiger partial charge in [0.25, 0.3) is 0 Å². The second kappa shape index (κ2) is 12.7. The Kier molecular flexibility index (Phi) is 8.77. The molecule has 0 radical (unpaired) electrons. The summed E-state index contributed by atoms with van der Waals surface area (Å²) in [4.78, 5) is 18.4. The third kappa shape index (κ3) is 7.30. The van der Waals surface area contributed by atoms with Gasteiger partial charge in [0.1, 0.15) is 29.0 Å². The number of hydrogen-bond donors (Lipinski definition) is 2. The first-order valence-electron chi connectivity index (χ1n) is 13.7. The van der Waals surface area contributed by atoms with E-state index in [0.717, 1.165) is 34.8 Å². The minimum atomic E-state index is -3.65. The molecule has 4 aromatic carbocycles. The Bertz CT molecular complexity index is 1860. The number of anilines is 1. The van der Waals surface area contributed by atoms with E-state index in [1.807, 2.05) is 60.4 Å². The van der Waals surface area contributed by atoms with Crippen molar-refractivity contribution in [1.29, 1.82) is 0 Å². The molecule has 0 spiro atoms. The molecular weight excluding hydrogens is 588 g/mol. The number of nitrogens with zero attached hydrogens (tertiary/aromatic N) is 2. The average Bonchev–Trinajstić information content (AvgIpc) is 3.39.